The Bertz CT molecular complexity index is 3250. The van der Waals surface area contributed by atoms with E-state index in [0.29, 0.717) is 17.5 Å². The molecule has 0 aliphatic carbocycles. The van der Waals surface area contributed by atoms with E-state index in [9.17, 15) is 0 Å². The standard InChI is InChI=1S/C53H36N4Si/c1-58(2)49-44-23-13-24-46(49)53-55-51(54-52(56-53)40-30-38(33-14-5-3-6-15-33)29-39(31-40)34-16-7-4-8-17-34)37-20-11-18-35(28-37)36-19-12-21-41(32-36)57-47-25-10-9-22-42(47)43-26-27-45(44)50(58)48(43)57/h3-32H,1-2H3. The third-order valence-electron chi connectivity index (χ3n) is 12.3. The van der Waals surface area contributed by atoms with Crippen LogP contribution in [0.4, 0.5) is 0 Å². The summed E-state index contributed by atoms with van der Waals surface area (Å²) >= 11 is 0. The number of aromatic nitrogens is 4. The predicted molar refractivity (Wildman–Crippen MR) is 243 cm³/mol. The van der Waals surface area contributed by atoms with Crippen molar-refractivity contribution in [3.8, 4) is 84.4 Å². The van der Waals surface area contributed by atoms with Gasteiger partial charge in [0.15, 0.2) is 17.5 Å². The van der Waals surface area contributed by atoms with Gasteiger partial charge in [-0.3, -0.25) is 0 Å². The molecule has 8 bridgehead atoms. The lowest BCUT2D eigenvalue weighted by Crippen LogP contribution is -2.50. The number of benzene rings is 8. The first-order chi connectivity index (χ1) is 28.5. The maximum absolute atomic E-state index is 5.46. The molecule has 8 aromatic carbocycles. The van der Waals surface area contributed by atoms with Gasteiger partial charge in [0.25, 0.3) is 0 Å². The van der Waals surface area contributed by atoms with Crippen molar-refractivity contribution in [2.45, 2.75) is 13.1 Å². The van der Waals surface area contributed by atoms with Crippen LogP contribution in [0, 0.1) is 0 Å². The first-order valence-corrected chi connectivity index (χ1v) is 22.9. The lowest BCUT2D eigenvalue weighted by atomic mass is 9.95. The van der Waals surface area contributed by atoms with Gasteiger partial charge in [0, 0.05) is 33.2 Å². The van der Waals surface area contributed by atoms with Gasteiger partial charge in [-0.2, -0.15) is 0 Å². The Morgan fingerprint density at radius 2 is 0.897 bits per heavy atom. The highest BCUT2D eigenvalue weighted by Gasteiger charge is 2.42. The SMILES string of the molecule is C[Si]1(C)c2c3cccc2-c2ccc4c5ccccc5n(c4c21)-c1cccc(c1)-c1cccc(c1)-c1nc(-c2cc(-c4ccccc4)cc(-c4ccccc4)c2)nc-3n1. The summed E-state index contributed by atoms with van der Waals surface area (Å²) in [4.78, 5) is 16.2. The van der Waals surface area contributed by atoms with Gasteiger partial charge in [-0.05, 0) is 97.3 Å². The zero-order chi connectivity index (χ0) is 38.5. The van der Waals surface area contributed by atoms with Crippen LogP contribution in [0.1, 0.15) is 0 Å². The van der Waals surface area contributed by atoms with E-state index in [-0.39, 0.29) is 0 Å². The monoisotopic (exact) mass is 756 g/mol. The van der Waals surface area contributed by atoms with Crippen LogP contribution in [-0.2, 0) is 0 Å². The minimum atomic E-state index is -2.42. The largest absolute Gasteiger partial charge is 0.309 e. The van der Waals surface area contributed by atoms with Crippen molar-refractivity contribution in [1.29, 1.82) is 0 Å². The Morgan fingerprint density at radius 1 is 0.362 bits per heavy atom. The van der Waals surface area contributed by atoms with Crippen molar-refractivity contribution < 1.29 is 0 Å². The molecule has 0 saturated heterocycles. The van der Waals surface area contributed by atoms with Crippen LogP contribution in [0.3, 0.4) is 0 Å². The lowest BCUT2D eigenvalue weighted by Gasteiger charge is -2.23. The minimum Gasteiger partial charge on any atom is -0.309 e. The first-order valence-electron chi connectivity index (χ1n) is 19.9. The average molecular weight is 757 g/mol. The fourth-order valence-electron chi connectivity index (χ4n) is 9.71. The molecule has 4 heterocycles. The third kappa shape index (κ3) is 4.90. The number of para-hydroxylation sites is 1. The fraction of sp³-hybridized carbons (Fsp3) is 0.0377. The normalized spacial score (nSPS) is 13.1. The van der Waals surface area contributed by atoms with Crippen LogP contribution >= 0.6 is 0 Å². The molecule has 272 valence electrons. The predicted octanol–water partition coefficient (Wildman–Crippen LogP) is 12.1. The Kier molecular flexibility index (Phi) is 7.05. The van der Waals surface area contributed by atoms with Crippen molar-refractivity contribution in [3.63, 3.8) is 0 Å². The lowest BCUT2D eigenvalue weighted by molar-refractivity contribution is 1.08. The van der Waals surface area contributed by atoms with Crippen LogP contribution in [0.25, 0.3) is 106 Å². The number of rotatable bonds is 3. The van der Waals surface area contributed by atoms with E-state index in [2.05, 4.69) is 200 Å². The summed E-state index contributed by atoms with van der Waals surface area (Å²) in [6.45, 7) is 5.03. The molecule has 0 fully saturated rings. The Morgan fingerprint density at radius 3 is 1.66 bits per heavy atom. The Hall–Kier alpha value is -7.21. The van der Waals surface area contributed by atoms with Gasteiger partial charge in [0.05, 0.1) is 11.0 Å². The van der Waals surface area contributed by atoms with E-state index in [1.54, 1.807) is 0 Å². The van der Waals surface area contributed by atoms with Gasteiger partial charge in [-0.1, -0.05) is 153 Å². The van der Waals surface area contributed by atoms with Gasteiger partial charge in [0.2, 0.25) is 0 Å². The number of hydrogen-bond acceptors (Lipinski definition) is 3. The molecule has 2 aromatic heterocycles. The van der Waals surface area contributed by atoms with E-state index in [0.717, 1.165) is 55.8 Å². The highest BCUT2D eigenvalue weighted by Crippen LogP contribution is 2.41. The fourth-order valence-corrected chi connectivity index (χ4v) is 13.5. The molecule has 0 atom stereocenters. The summed E-state index contributed by atoms with van der Waals surface area (Å²) in [5.74, 6) is 2.02. The molecule has 0 saturated carbocycles. The molecule has 2 aliphatic rings. The smallest absolute Gasteiger partial charge is 0.164 e. The molecule has 58 heavy (non-hydrogen) atoms. The minimum absolute atomic E-state index is 0.654. The third-order valence-corrected chi connectivity index (χ3v) is 15.8. The summed E-state index contributed by atoms with van der Waals surface area (Å²) in [5.41, 5.74) is 16.0. The van der Waals surface area contributed by atoms with E-state index < -0.39 is 8.07 Å². The summed E-state index contributed by atoms with van der Waals surface area (Å²) in [6, 6.07) is 65.9. The second-order valence-electron chi connectivity index (χ2n) is 16.1. The molecule has 10 aromatic rings. The molecule has 12 rings (SSSR count). The Labute approximate surface area is 337 Å². The highest BCUT2D eigenvalue weighted by atomic mass is 28.3. The van der Waals surface area contributed by atoms with Crippen molar-refractivity contribution in [3.05, 3.63) is 182 Å². The molecule has 0 N–H and O–H groups in total. The van der Waals surface area contributed by atoms with E-state index in [1.165, 1.54) is 43.3 Å². The van der Waals surface area contributed by atoms with Gasteiger partial charge < -0.3 is 4.57 Å². The molecule has 0 unspecified atom stereocenters. The second-order valence-corrected chi connectivity index (χ2v) is 20.3. The molecule has 0 amide bonds. The molecule has 2 aliphatic heterocycles. The summed E-state index contributed by atoms with van der Waals surface area (Å²) < 4.78 is 2.52. The van der Waals surface area contributed by atoms with E-state index in [4.69, 9.17) is 15.0 Å². The summed E-state index contributed by atoms with van der Waals surface area (Å²) in [6.07, 6.45) is 0. The topological polar surface area (TPSA) is 43.6 Å². The zero-order valence-electron chi connectivity index (χ0n) is 32.1. The van der Waals surface area contributed by atoms with Crippen LogP contribution in [0.2, 0.25) is 13.1 Å². The quantitative estimate of drug-likeness (QED) is 0.169. The molecule has 0 spiro atoms. The first kappa shape index (κ1) is 33.0. The van der Waals surface area contributed by atoms with Gasteiger partial charge >= 0.3 is 0 Å². The zero-order valence-corrected chi connectivity index (χ0v) is 33.1. The summed E-state index contributed by atoms with van der Waals surface area (Å²) in [5, 5.41) is 5.40. The van der Waals surface area contributed by atoms with E-state index in [1.807, 2.05) is 0 Å². The number of fused-ring (bicyclic) bond motifs is 14. The van der Waals surface area contributed by atoms with Gasteiger partial charge in [0.1, 0.15) is 8.07 Å². The summed E-state index contributed by atoms with van der Waals surface area (Å²) in [7, 11) is -2.42. The van der Waals surface area contributed by atoms with Crippen molar-refractivity contribution in [2.75, 3.05) is 0 Å². The van der Waals surface area contributed by atoms with E-state index >= 15 is 0 Å². The van der Waals surface area contributed by atoms with Gasteiger partial charge in [-0.15, -0.1) is 0 Å². The molecule has 0 radical (unpaired) electrons. The van der Waals surface area contributed by atoms with Crippen LogP contribution < -0.4 is 10.4 Å². The number of nitrogens with zero attached hydrogens (tertiary/aromatic N) is 4. The molecular weight excluding hydrogens is 721 g/mol. The molecule has 5 heteroatoms. The van der Waals surface area contributed by atoms with Crippen LogP contribution in [0.15, 0.2) is 182 Å². The van der Waals surface area contributed by atoms with Crippen molar-refractivity contribution in [1.82, 2.24) is 19.5 Å². The molecule has 4 nitrogen and oxygen atoms in total. The average Bonchev–Trinajstić information content (AvgIpc) is 3.74. The van der Waals surface area contributed by atoms with Crippen LogP contribution in [0.5, 0.6) is 0 Å². The number of hydrogen-bond donors (Lipinski definition) is 0. The maximum Gasteiger partial charge on any atom is 0.164 e. The second kappa shape index (κ2) is 12.4. The van der Waals surface area contributed by atoms with Crippen LogP contribution in [-0.4, -0.2) is 27.6 Å². The highest BCUT2D eigenvalue weighted by molar-refractivity contribution is 7.05. The van der Waals surface area contributed by atoms with Gasteiger partial charge in [-0.25, -0.2) is 15.0 Å². The Balaban J connectivity index is 1.19. The van der Waals surface area contributed by atoms with Crippen molar-refractivity contribution in [2.24, 2.45) is 0 Å². The molecular formula is C53H36N4Si. The van der Waals surface area contributed by atoms with Crippen molar-refractivity contribution >= 4 is 40.3 Å². The maximum atomic E-state index is 5.46.